The lowest BCUT2D eigenvalue weighted by Crippen LogP contribution is -2.46. The van der Waals surface area contributed by atoms with Gasteiger partial charge in [0, 0.05) is 37.3 Å². The van der Waals surface area contributed by atoms with Crippen molar-refractivity contribution in [3.63, 3.8) is 0 Å². The topological polar surface area (TPSA) is 64.3 Å². The Labute approximate surface area is 129 Å². The summed E-state index contributed by atoms with van der Waals surface area (Å²) in [7, 11) is 0. The Morgan fingerprint density at radius 3 is 2.59 bits per heavy atom. The normalized spacial score (nSPS) is 27.1. The highest BCUT2D eigenvalue weighted by Gasteiger charge is 2.43. The molecular weight excluding hydrogens is 280 g/mol. The summed E-state index contributed by atoms with van der Waals surface area (Å²) in [6.45, 7) is 2.09. The molecule has 0 N–H and O–H groups in total. The number of piperidine rings is 1. The van der Waals surface area contributed by atoms with Gasteiger partial charge < -0.3 is 14.1 Å². The fraction of sp³-hybridized carbons (Fsp3) is 0.562. The fourth-order valence-electron chi connectivity index (χ4n) is 3.61. The lowest BCUT2D eigenvalue weighted by atomic mass is 10.0. The molecule has 6 heteroatoms. The fourth-order valence-corrected chi connectivity index (χ4v) is 3.61. The number of rotatable bonds is 4. The predicted molar refractivity (Wildman–Crippen MR) is 80.9 cm³/mol. The first kappa shape index (κ1) is 13.5. The van der Waals surface area contributed by atoms with Gasteiger partial charge in [0.2, 0.25) is 0 Å². The first-order valence-electron chi connectivity index (χ1n) is 8.00. The Morgan fingerprint density at radius 2 is 1.95 bits per heavy atom. The summed E-state index contributed by atoms with van der Waals surface area (Å²) >= 11 is 0. The van der Waals surface area contributed by atoms with E-state index in [0.717, 1.165) is 31.0 Å². The number of aryl methyl sites for hydroxylation is 1. The Bertz CT molecular complexity index is 616. The minimum absolute atomic E-state index is 0.178. The van der Waals surface area contributed by atoms with Gasteiger partial charge in [-0.2, -0.15) is 4.98 Å². The molecule has 2 saturated heterocycles. The van der Waals surface area contributed by atoms with Gasteiger partial charge in [0.05, 0.1) is 5.69 Å². The van der Waals surface area contributed by atoms with E-state index < -0.39 is 0 Å². The van der Waals surface area contributed by atoms with Crippen molar-refractivity contribution < 1.29 is 9.15 Å². The molecule has 2 aromatic heterocycles. The first-order chi connectivity index (χ1) is 10.8. The smallest absolute Gasteiger partial charge is 0.316 e. The van der Waals surface area contributed by atoms with E-state index in [2.05, 4.69) is 26.8 Å². The number of anilines is 1. The van der Waals surface area contributed by atoms with Crippen LogP contribution in [0.4, 0.5) is 6.01 Å². The Balaban J connectivity index is 1.47. The molecule has 2 aromatic rings. The number of fused-ring (bicyclic) bond motifs is 2. The summed E-state index contributed by atoms with van der Waals surface area (Å²) in [5, 5.41) is 0. The van der Waals surface area contributed by atoms with Crippen LogP contribution in [0.3, 0.4) is 0 Å². The van der Waals surface area contributed by atoms with Gasteiger partial charge in [-0.05, 0) is 25.3 Å². The Hall–Kier alpha value is -2.11. The molecule has 2 bridgehead atoms. The van der Waals surface area contributed by atoms with Gasteiger partial charge in [0.15, 0.2) is 0 Å². The second-order valence-corrected chi connectivity index (χ2v) is 6.01. The van der Waals surface area contributed by atoms with E-state index >= 15 is 0 Å². The minimum Gasteiger partial charge on any atom is -0.460 e. The van der Waals surface area contributed by atoms with Crippen molar-refractivity contribution in [3.05, 3.63) is 30.4 Å². The number of oxazole rings is 1. The van der Waals surface area contributed by atoms with Gasteiger partial charge in [0.1, 0.15) is 12.4 Å². The zero-order valence-corrected chi connectivity index (χ0v) is 12.7. The molecule has 0 amide bonds. The van der Waals surface area contributed by atoms with Crippen LogP contribution in [0.25, 0.3) is 0 Å². The third-order valence-electron chi connectivity index (χ3n) is 4.63. The van der Waals surface area contributed by atoms with Gasteiger partial charge >= 0.3 is 6.01 Å². The molecule has 2 aliphatic heterocycles. The number of hydrogen-bond donors (Lipinski definition) is 0. The largest absolute Gasteiger partial charge is 0.460 e. The van der Waals surface area contributed by atoms with Crippen molar-refractivity contribution in [2.75, 3.05) is 4.90 Å². The molecule has 0 aromatic carbocycles. The second-order valence-electron chi connectivity index (χ2n) is 6.01. The van der Waals surface area contributed by atoms with Crippen LogP contribution in [0.5, 0.6) is 6.01 Å². The maximum absolute atomic E-state index is 5.95. The quantitative estimate of drug-likeness (QED) is 0.865. The van der Waals surface area contributed by atoms with E-state index in [1.54, 1.807) is 24.7 Å². The van der Waals surface area contributed by atoms with E-state index in [0.29, 0.717) is 18.1 Å². The molecule has 0 saturated carbocycles. The van der Waals surface area contributed by atoms with Gasteiger partial charge in [-0.15, -0.1) is 0 Å². The Morgan fingerprint density at radius 1 is 1.23 bits per heavy atom. The third-order valence-corrected chi connectivity index (χ3v) is 4.63. The van der Waals surface area contributed by atoms with Crippen molar-refractivity contribution in [3.8, 4) is 6.01 Å². The van der Waals surface area contributed by atoms with E-state index in [1.807, 2.05) is 0 Å². The molecular formula is C16H20N4O2. The van der Waals surface area contributed by atoms with E-state index in [1.165, 1.54) is 12.8 Å². The number of aromatic nitrogens is 3. The molecule has 22 heavy (non-hydrogen) atoms. The van der Waals surface area contributed by atoms with Crippen LogP contribution in [0.2, 0.25) is 0 Å². The zero-order valence-electron chi connectivity index (χ0n) is 12.7. The first-order valence-corrected chi connectivity index (χ1v) is 8.00. The van der Waals surface area contributed by atoms with E-state index in [9.17, 15) is 0 Å². The molecule has 4 heterocycles. The molecule has 4 rings (SSSR count). The SMILES string of the molecule is CCc1coc(N2[C@@H]3CC[C@H]2CC(Oc2ncccn2)C3)n1. The molecule has 6 nitrogen and oxygen atoms in total. The molecule has 1 unspecified atom stereocenters. The highest BCUT2D eigenvalue weighted by molar-refractivity contribution is 5.35. The lowest BCUT2D eigenvalue weighted by molar-refractivity contribution is 0.135. The van der Waals surface area contributed by atoms with E-state index in [4.69, 9.17) is 9.15 Å². The van der Waals surface area contributed by atoms with Crippen molar-refractivity contribution in [1.82, 2.24) is 15.0 Å². The molecule has 2 aliphatic rings. The summed E-state index contributed by atoms with van der Waals surface area (Å²) in [5.74, 6) is 0. The van der Waals surface area contributed by atoms with Crippen molar-refractivity contribution in [2.24, 2.45) is 0 Å². The number of ether oxygens (including phenoxy) is 1. The van der Waals surface area contributed by atoms with Crippen LogP contribution in [0.1, 0.15) is 38.3 Å². The average molecular weight is 300 g/mol. The van der Waals surface area contributed by atoms with Crippen molar-refractivity contribution in [1.29, 1.82) is 0 Å². The van der Waals surface area contributed by atoms with Gasteiger partial charge in [0.25, 0.3) is 6.01 Å². The van der Waals surface area contributed by atoms with E-state index in [-0.39, 0.29) is 6.10 Å². The minimum atomic E-state index is 0.178. The van der Waals surface area contributed by atoms with Crippen molar-refractivity contribution >= 4 is 6.01 Å². The van der Waals surface area contributed by atoms with Gasteiger partial charge in [-0.1, -0.05) is 6.92 Å². The van der Waals surface area contributed by atoms with Gasteiger partial charge in [-0.3, -0.25) is 0 Å². The molecule has 0 radical (unpaired) electrons. The maximum Gasteiger partial charge on any atom is 0.316 e. The maximum atomic E-state index is 5.95. The van der Waals surface area contributed by atoms with Gasteiger partial charge in [-0.25, -0.2) is 9.97 Å². The van der Waals surface area contributed by atoms with Crippen LogP contribution in [0.15, 0.2) is 29.1 Å². The predicted octanol–water partition coefficient (Wildman–Crippen LogP) is 2.61. The second kappa shape index (κ2) is 5.59. The molecule has 0 aliphatic carbocycles. The Kier molecular flexibility index (Phi) is 3.44. The molecule has 116 valence electrons. The number of hydrogen-bond acceptors (Lipinski definition) is 6. The summed E-state index contributed by atoms with van der Waals surface area (Å²) in [6, 6.07) is 3.93. The molecule has 3 atom stereocenters. The van der Waals surface area contributed by atoms with Crippen LogP contribution < -0.4 is 9.64 Å². The third kappa shape index (κ3) is 2.42. The zero-order chi connectivity index (χ0) is 14.9. The lowest BCUT2D eigenvalue weighted by Gasteiger charge is -2.37. The van der Waals surface area contributed by atoms with Crippen molar-refractivity contribution in [2.45, 2.75) is 57.2 Å². The highest BCUT2D eigenvalue weighted by Crippen LogP contribution is 2.39. The highest BCUT2D eigenvalue weighted by atomic mass is 16.5. The van der Waals surface area contributed by atoms with Crippen LogP contribution in [-0.4, -0.2) is 33.1 Å². The monoisotopic (exact) mass is 300 g/mol. The van der Waals surface area contributed by atoms with Crippen LogP contribution >= 0.6 is 0 Å². The standard InChI is InChI=1S/C16H20N4O2/c1-2-11-10-21-16(19-11)20-12-4-5-13(20)9-14(8-12)22-15-17-6-3-7-18-15/h3,6-7,10,12-14H,2,4-5,8-9H2,1H3/t12-,13+,14?. The van der Waals surface area contributed by atoms with Crippen LogP contribution in [-0.2, 0) is 6.42 Å². The average Bonchev–Trinajstić information content (AvgIpc) is 3.11. The summed E-state index contributed by atoms with van der Waals surface area (Å²) in [6.07, 6.45) is 10.6. The van der Waals surface area contributed by atoms with Crippen LogP contribution in [0, 0.1) is 0 Å². The summed E-state index contributed by atoms with van der Waals surface area (Å²) < 4.78 is 11.6. The molecule has 2 fully saturated rings. The number of nitrogens with zero attached hydrogens (tertiary/aromatic N) is 4. The summed E-state index contributed by atoms with van der Waals surface area (Å²) in [4.78, 5) is 15.3. The summed E-state index contributed by atoms with van der Waals surface area (Å²) in [5.41, 5.74) is 1.02. The molecule has 0 spiro atoms.